The molecule has 0 radical (unpaired) electrons. The molecule has 0 N–H and O–H groups in total. The van der Waals surface area contributed by atoms with Gasteiger partial charge in [0.05, 0.1) is 0 Å². The number of piperidine rings is 1. The van der Waals surface area contributed by atoms with E-state index in [9.17, 15) is 9.18 Å². The largest absolute Gasteiger partial charge is 0.336 e. The third-order valence-electron chi connectivity index (χ3n) is 4.31. The van der Waals surface area contributed by atoms with Gasteiger partial charge in [-0.25, -0.2) is 4.39 Å². The maximum absolute atomic E-state index is 12.9. The third kappa shape index (κ3) is 3.38. The van der Waals surface area contributed by atoms with Gasteiger partial charge in [-0.15, -0.1) is 10.2 Å². The Morgan fingerprint density at radius 3 is 2.52 bits per heavy atom. The van der Waals surface area contributed by atoms with E-state index >= 15 is 0 Å². The summed E-state index contributed by atoms with van der Waals surface area (Å²) < 4.78 is 12.9. The Kier molecular flexibility index (Phi) is 4.36. The second-order valence-corrected chi connectivity index (χ2v) is 6.08. The summed E-state index contributed by atoms with van der Waals surface area (Å²) >= 11 is 0. The molecule has 1 fully saturated rings. The van der Waals surface area contributed by atoms with E-state index in [-0.39, 0.29) is 30.4 Å². The lowest BCUT2D eigenvalue weighted by atomic mass is 9.97. The summed E-state index contributed by atoms with van der Waals surface area (Å²) in [6, 6.07) is 6.36. The molecule has 0 aliphatic carbocycles. The van der Waals surface area contributed by atoms with Crippen molar-refractivity contribution in [2.24, 2.45) is 0 Å². The number of carbonyl (C=O) groups is 1. The molecule has 0 saturated carbocycles. The van der Waals surface area contributed by atoms with Gasteiger partial charge < -0.3 is 4.90 Å². The average molecular weight is 317 g/mol. The van der Waals surface area contributed by atoms with Crippen molar-refractivity contribution in [3.63, 3.8) is 0 Å². The van der Waals surface area contributed by atoms with Crippen molar-refractivity contribution in [3.8, 4) is 11.4 Å². The van der Waals surface area contributed by atoms with Crippen molar-refractivity contribution in [2.75, 3.05) is 0 Å². The molecule has 3 rings (SSSR count). The highest BCUT2D eigenvalue weighted by Crippen LogP contribution is 2.22. The van der Waals surface area contributed by atoms with E-state index in [0.29, 0.717) is 11.4 Å². The van der Waals surface area contributed by atoms with Crippen LogP contribution in [0.3, 0.4) is 0 Å². The summed E-state index contributed by atoms with van der Waals surface area (Å²) in [5.74, 6) is 0.0784. The Hall–Kier alpha value is -2.31. The van der Waals surface area contributed by atoms with Crippen LogP contribution in [0.2, 0.25) is 0 Å². The van der Waals surface area contributed by atoms with Gasteiger partial charge in [0.1, 0.15) is 12.4 Å². The Balaban J connectivity index is 1.71. The molecule has 23 heavy (non-hydrogen) atoms. The van der Waals surface area contributed by atoms with Crippen molar-refractivity contribution >= 4 is 5.91 Å². The minimum absolute atomic E-state index is 0.00718. The highest BCUT2D eigenvalue weighted by molar-refractivity contribution is 5.76. The fourth-order valence-electron chi connectivity index (χ4n) is 3.14. The molecule has 2 aromatic rings. The van der Waals surface area contributed by atoms with Gasteiger partial charge >= 0.3 is 0 Å². The SMILES string of the molecule is C[C@@H]1CCC[C@@H](C)N1C(=O)Cn1nnc(-c2ccc(F)cc2)n1. The van der Waals surface area contributed by atoms with Gasteiger partial charge in [0.2, 0.25) is 11.7 Å². The van der Waals surface area contributed by atoms with Crippen LogP contribution >= 0.6 is 0 Å². The number of hydrogen-bond donors (Lipinski definition) is 0. The van der Waals surface area contributed by atoms with Crippen molar-refractivity contribution in [3.05, 3.63) is 30.1 Å². The smallest absolute Gasteiger partial charge is 0.246 e. The summed E-state index contributed by atoms with van der Waals surface area (Å²) in [5, 5.41) is 12.1. The molecule has 1 aliphatic rings. The lowest BCUT2D eigenvalue weighted by Crippen LogP contribution is -2.48. The van der Waals surface area contributed by atoms with Gasteiger partial charge in [-0.3, -0.25) is 4.79 Å². The van der Waals surface area contributed by atoms with E-state index in [1.165, 1.54) is 16.9 Å². The Morgan fingerprint density at radius 2 is 1.87 bits per heavy atom. The molecule has 1 aromatic heterocycles. The number of benzene rings is 1. The lowest BCUT2D eigenvalue weighted by Gasteiger charge is -2.38. The first-order chi connectivity index (χ1) is 11.0. The highest BCUT2D eigenvalue weighted by atomic mass is 19.1. The minimum Gasteiger partial charge on any atom is -0.336 e. The highest BCUT2D eigenvalue weighted by Gasteiger charge is 2.29. The maximum Gasteiger partial charge on any atom is 0.246 e. The first-order valence-corrected chi connectivity index (χ1v) is 7.89. The number of amides is 1. The predicted octanol–water partition coefficient (Wildman–Crippen LogP) is 2.27. The molecule has 122 valence electrons. The first-order valence-electron chi connectivity index (χ1n) is 7.89. The minimum atomic E-state index is -0.315. The fraction of sp³-hybridized carbons (Fsp3) is 0.500. The monoisotopic (exact) mass is 317 g/mol. The standard InChI is InChI=1S/C16H20FN5O/c1-11-4-3-5-12(2)22(11)15(23)10-21-19-16(18-20-21)13-6-8-14(17)9-7-13/h6-9,11-12H,3-5,10H2,1-2H3/t11-,12-/m1/s1. The van der Waals surface area contributed by atoms with Gasteiger partial charge in [-0.1, -0.05) is 0 Å². The van der Waals surface area contributed by atoms with Gasteiger partial charge in [0, 0.05) is 17.6 Å². The molecule has 2 heterocycles. The molecule has 7 heteroatoms. The van der Waals surface area contributed by atoms with Gasteiger partial charge in [-0.05, 0) is 62.6 Å². The van der Waals surface area contributed by atoms with Crippen molar-refractivity contribution in [2.45, 2.75) is 51.7 Å². The van der Waals surface area contributed by atoms with Gasteiger partial charge in [0.15, 0.2) is 0 Å². The summed E-state index contributed by atoms with van der Waals surface area (Å²) in [4.78, 5) is 15.7. The number of halogens is 1. The predicted molar refractivity (Wildman–Crippen MR) is 82.8 cm³/mol. The number of nitrogens with zero attached hydrogens (tertiary/aromatic N) is 5. The molecule has 1 saturated heterocycles. The Labute approximate surface area is 134 Å². The van der Waals surface area contributed by atoms with Gasteiger partial charge in [-0.2, -0.15) is 4.80 Å². The molecule has 6 nitrogen and oxygen atoms in total. The van der Waals surface area contributed by atoms with Crippen LogP contribution in [0, 0.1) is 5.82 Å². The molecular formula is C16H20FN5O. The fourth-order valence-corrected chi connectivity index (χ4v) is 3.14. The molecule has 1 aliphatic heterocycles. The first kappa shape index (κ1) is 15.6. The van der Waals surface area contributed by atoms with Crippen molar-refractivity contribution in [1.29, 1.82) is 0 Å². The molecule has 1 amide bonds. The normalized spacial score (nSPS) is 21.4. The molecular weight excluding hydrogens is 297 g/mol. The topological polar surface area (TPSA) is 63.9 Å². The second kappa shape index (κ2) is 6.44. The number of carbonyl (C=O) groups excluding carboxylic acids is 1. The van der Waals surface area contributed by atoms with Crippen LogP contribution in [0.4, 0.5) is 4.39 Å². The quantitative estimate of drug-likeness (QED) is 0.871. The van der Waals surface area contributed by atoms with E-state index in [1.54, 1.807) is 12.1 Å². The zero-order chi connectivity index (χ0) is 16.4. The van der Waals surface area contributed by atoms with Crippen LogP contribution in [0.15, 0.2) is 24.3 Å². The lowest BCUT2D eigenvalue weighted by molar-refractivity contribution is -0.138. The number of rotatable bonds is 3. The third-order valence-corrected chi connectivity index (χ3v) is 4.31. The summed E-state index contributed by atoms with van der Waals surface area (Å²) in [6.07, 6.45) is 3.21. The van der Waals surface area contributed by atoms with E-state index in [0.717, 1.165) is 19.3 Å². The molecule has 1 aromatic carbocycles. The van der Waals surface area contributed by atoms with Crippen LogP contribution < -0.4 is 0 Å². The molecule has 0 unspecified atom stereocenters. The Bertz CT molecular complexity index is 674. The van der Waals surface area contributed by atoms with E-state index in [4.69, 9.17) is 0 Å². The van der Waals surface area contributed by atoms with Crippen LogP contribution in [0.5, 0.6) is 0 Å². The van der Waals surface area contributed by atoms with Crippen molar-refractivity contribution in [1.82, 2.24) is 25.1 Å². The number of tetrazole rings is 1. The van der Waals surface area contributed by atoms with E-state index in [1.807, 2.05) is 4.90 Å². The molecule has 2 atom stereocenters. The van der Waals surface area contributed by atoms with Crippen LogP contribution in [-0.4, -0.2) is 43.1 Å². The summed E-state index contributed by atoms with van der Waals surface area (Å²) in [6.45, 7) is 4.22. The number of aromatic nitrogens is 4. The zero-order valence-corrected chi connectivity index (χ0v) is 13.3. The maximum atomic E-state index is 12.9. The second-order valence-electron chi connectivity index (χ2n) is 6.08. The van der Waals surface area contributed by atoms with Crippen LogP contribution in [-0.2, 0) is 11.3 Å². The van der Waals surface area contributed by atoms with Crippen molar-refractivity contribution < 1.29 is 9.18 Å². The Morgan fingerprint density at radius 1 is 1.22 bits per heavy atom. The zero-order valence-electron chi connectivity index (χ0n) is 13.3. The average Bonchev–Trinajstić information content (AvgIpc) is 2.96. The van der Waals surface area contributed by atoms with E-state index in [2.05, 4.69) is 29.3 Å². The van der Waals surface area contributed by atoms with E-state index < -0.39 is 0 Å². The van der Waals surface area contributed by atoms with Crippen LogP contribution in [0.25, 0.3) is 11.4 Å². The summed E-state index contributed by atoms with van der Waals surface area (Å²) in [5.41, 5.74) is 0.671. The summed E-state index contributed by atoms with van der Waals surface area (Å²) in [7, 11) is 0. The van der Waals surface area contributed by atoms with Gasteiger partial charge in [0.25, 0.3) is 0 Å². The molecule has 0 bridgehead atoms. The number of likely N-dealkylation sites (tertiary alicyclic amines) is 1. The molecule has 0 spiro atoms. The van der Waals surface area contributed by atoms with Crippen LogP contribution in [0.1, 0.15) is 33.1 Å². The number of hydrogen-bond acceptors (Lipinski definition) is 4.